The largest absolute Gasteiger partial charge is 0.344 e. The van der Waals surface area contributed by atoms with Gasteiger partial charge in [-0.2, -0.15) is 0 Å². The molecule has 0 aliphatic carbocycles. The first-order valence-corrected chi connectivity index (χ1v) is 9.85. The molecule has 2 amide bonds. The summed E-state index contributed by atoms with van der Waals surface area (Å²) in [7, 11) is 0. The number of hydrogen-bond donors (Lipinski definition) is 2. The van der Waals surface area contributed by atoms with E-state index in [0.29, 0.717) is 12.8 Å². The SMILES string of the molecule is O=C(CCC1Cc2ccccc2NC1=O)NC(c1ccccc1)c1ccccn1. The lowest BCUT2D eigenvalue weighted by Crippen LogP contribution is -2.33. The molecule has 2 atom stereocenters. The van der Waals surface area contributed by atoms with Gasteiger partial charge in [-0.1, -0.05) is 54.6 Å². The summed E-state index contributed by atoms with van der Waals surface area (Å²) in [6, 6.07) is 23.0. The van der Waals surface area contributed by atoms with Crippen LogP contribution >= 0.6 is 0 Å². The van der Waals surface area contributed by atoms with Gasteiger partial charge in [0.25, 0.3) is 0 Å². The number of rotatable bonds is 6. The molecule has 0 saturated heterocycles. The van der Waals surface area contributed by atoms with E-state index in [1.165, 1.54) is 0 Å². The highest BCUT2D eigenvalue weighted by molar-refractivity contribution is 5.96. The van der Waals surface area contributed by atoms with Crippen LogP contribution in [-0.4, -0.2) is 16.8 Å². The minimum absolute atomic E-state index is 0.0131. The molecular formula is C24H23N3O2. The molecule has 2 N–H and O–H groups in total. The Morgan fingerprint density at radius 2 is 1.79 bits per heavy atom. The van der Waals surface area contributed by atoms with Crippen molar-refractivity contribution < 1.29 is 9.59 Å². The van der Waals surface area contributed by atoms with Crippen molar-refractivity contribution in [1.29, 1.82) is 0 Å². The molecule has 0 saturated carbocycles. The number of para-hydroxylation sites is 1. The Kier molecular flexibility index (Phi) is 5.66. The highest BCUT2D eigenvalue weighted by Gasteiger charge is 2.27. The molecule has 1 aliphatic rings. The highest BCUT2D eigenvalue weighted by atomic mass is 16.2. The van der Waals surface area contributed by atoms with Crippen LogP contribution in [-0.2, 0) is 16.0 Å². The number of nitrogens with one attached hydrogen (secondary N) is 2. The molecule has 0 spiro atoms. The molecule has 0 radical (unpaired) electrons. The van der Waals surface area contributed by atoms with Crippen LogP contribution in [0.5, 0.6) is 0 Å². The highest BCUT2D eigenvalue weighted by Crippen LogP contribution is 2.28. The van der Waals surface area contributed by atoms with Crippen LogP contribution in [0.2, 0.25) is 0 Å². The average Bonchev–Trinajstić information content (AvgIpc) is 2.77. The molecule has 4 rings (SSSR count). The topological polar surface area (TPSA) is 71.1 Å². The Hall–Kier alpha value is -3.47. The van der Waals surface area contributed by atoms with Gasteiger partial charge in [-0.3, -0.25) is 14.6 Å². The first kappa shape index (κ1) is 18.9. The van der Waals surface area contributed by atoms with Gasteiger partial charge in [-0.05, 0) is 42.2 Å². The number of aromatic nitrogens is 1. The first-order chi connectivity index (χ1) is 14.2. The standard InChI is InChI=1S/C24H23N3O2/c28-22(14-13-19-16-18-10-4-5-11-20(18)26-24(19)29)27-23(17-8-2-1-3-9-17)21-12-6-7-15-25-21/h1-12,15,19,23H,13-14,16H2,(H,26,29)(H,27,28). The fraction of sp³-hybridized carbons (Fsp3) is 0.208. The monoisotopic (exact) mass is 385 g/mol. The maximum Gasteiger partial charge on any atom is 0.227 e. The van der Waals surface area contributed by atoms with E-state index in [4.69, 9.17) is 0 Å². The minimum Gasteiger partial charge on any atom is -0.344 e. The van der Waals surface area contributed by atoms with E-state index in [1.807, 2.05) is 72.8 Å². The fourth-order valence-corrected chi connectivity index (χ4v) is 3.71. The zero-order valence-electron chi connectivity index (χ0n) is 16.0. The Morgan fingerprint density at radius 1 is 1.03 bits per heavy atom. The number of benzene rings is 2. The molecule has 146 valence electrons. The van der Waals surface area contributed by atoms with Crippen LogP contribution in [0.15, 0.2) is 79.0 Å². The third-order valence-electron chi connectivity index (χ3n) is 5.25. The lowest BCUT2D eigenvalue weighted by atomic mass is 9.89. The summed E-state index contributed by atoms with van der Waals surface area (Å²) in [5.41, 5.74) is 3.76. The molecule has 2 heterocycles. The van der Waals surface area contributed by atoms with Crippen molar-refractivity contribution in [3.05, 3.63) is 95.8 Å². The van der Waals surface area contributed by atoms with Crippen LogP contribution in [0.25, 0.3) is 0 Å². The second kappa shape index (κ2) is 8.69. The van der Waals surface area contributed by atoms with Crippen molar-refractivity contribution in [2.24, 2.45) is 5.92 Å². The minimum atomic E-state index is -0.314. The first-order valence-electron chi connectivity index (χ1n) is 9.85. The summed E-state index contributed by atoms with van der Waals surface area (Å²) < 4.78 is 0. The van der Waals surface area contributed by atoms with Gasteiger partial charge in [-0.25, -0.2) is 0 Å². The molecule has 2 unspecified atom stereocenters. The predicted molar refractivity (Wildman–Crippen MR) is 112 cm³/mol. The van der Waals surface area contributed by atoms with Crippen molar-refractivity contribution in [3.8, 4) is 0 Å². The van der Waals surface area contributed by atoms with Gasteiger partial charge >= 0.3 is 0 Å². The lowest BCUT2D eigenvalue weighted by molar-refractivity contribution is -0.123. The van der Waals surface area contributed by atoms with Gasteiger partial charge in [-0.15, -0.1) is 0 Å². The summed E-state index contributed by atoms with van der Waals surface area (Å²) in [6.07, 6.45) is 3.19. The molecular weight excluding hydrogens is 362 g/mol. The number of hydrogen-bond acceptors (Lipinski definition) is 3. The van der Waals surface area contributed by atoms with Crippen molar-refractivity contribution in [2.45, 2.75) is 25.3 Å². The number of carbonyl (C=O) groups excluding carboxylic acids is 2. The number of pyridine rings is 1. The van der Waals surface area contributed by atoms with E-state index in [9.17, 15) is 9.59 Å². The molecule has 0 bridgehead atoms. The second-order valence-electron chi connectivity index (χ2n) is 7.25. The van der Waals surface area contributed by atoms with Crippen LogP contribution in [0.4, 0.5) is 5.69 Å². The Balaban J connectivity index is 1.42. The molecule has 5 nitrogen and oxygen atoms in total. The van der Waals surface area contributed by atoms with E-state index >= 15 is 0 Å². The number of nitrogens with zero attached hydrogens (tertiary/aromatic N) is 1. The summed E-state index contributed by atoms with van der Waals surface area (Å²) in [6.45, 7) is 0. The van der Waals surface area contributed by atoms with Crippen molar-refractivity contribution >= 4 is 17.5 Å². The van der Waals surface area contributed by atoms with Crippen LogP contribution < -0.4 is 10.6 Å². The van der Waals surface area contributed by atoms with Gasteiger partial charge in [0.1, 0.15) is 0 Å². The summed E-state index contributed by atoms with van der Waals surface area (Å²) in [5, 5.41) is 6.04. The van der Waals surface area contributed by atoms with Crippen molar-refractivity contribution in [2.75, 3.05) is 5.32 Å². The Bertz CT molecular complexity index is 950. The molecule has 3 aromatic rings. The molecule has 2 aromatic carbocycles. The Morgan fingerprint density at radius 3 is 2.59 bits per heavy atom. The van der Waals surface area contributed by atoms with E-state index in [1.54, 1.807) is 6.20 Å². The zero-order valence-corrected chi connectivity index (χ0v) is 16.0. The lowest BCUT2D eigenvalue weighted by Gasteiger charge is -2.25. The second-order valence-corrected chi connectivity index (χ2v) is 7.25. The predicted octanol–water partition coefficient (Wildman–Crippen LogP) is 3.88. The van der Waals surface area contributed by atoms with Gasteiger partial charge in [0.05, 0.1) is 11.7 Å². The smallest absolute Gasteiger partial charge is 0.227 e. The molecule has 1 aliphatic heterocycles. The third kappa shape index (κ3) is 4.51. The van der Waals surface area contributed by atoms with E-state index < -0.39 is 0 Å². The maximum atomic E-state index is 12.7. The van der Waals surface area contributed by atoms with E-state index in [-0.39, 0.29) is 30.2 Å². The number of carbonyl (C=O) groups is 2. The van der Waals surface area contributed by atoms with Gasteiger partial charge in [0, 0.05) is 24.2 Å². The Labute approximate surface area is 170 Å². The van der Waals surface area contributed by atoms with Crippen molar-refractivity contribution in [3.63, 3.8) is 0 Å². The van der Waals surface area contributed by atoms with Gasteiger partial charge in [0.2, 0.25) is 11.8 Å². The van der Waals surface area contributed by atoms with Crippen LogP contribution in [0.3, 0.4) is 0 Å². The van der Waals surface area contributed by atoms with Crippen molar-refractivity contribution in [1.82, 2.24) is 10.3 Å². The maximum absolute atomic E-state index is 12.7. The summed E-state index contributed by atoms with van der Waals surface area (Å²) >= 11 is 0. The van der Waals surface area contributed by atoms with Gasteiger partial charge < -0.3 is 10.6 Å². The van der Waals surface area contributed by atoms with Crippen LogP contribution in [0, 0.1) is 5.92 Å². The molecule has 29 heavy (non-hydrogen) atoms. The van der Waals surface area contributed by atoms with E-state index in [0.717, 1.165) is 22.5 Å². The number of fused-ring (bicyclic) bond motifs is 1. The number of anilines is 1. The van der Waals surface area contributed by atoms with Gasteiger partial charge in [0.15, 0.2) is 0 Å². The molecule has 5 heteroatoms. The van der Waals surface area contributed by atoms with Crippen LogP contribution in [0.1, 0.15) is 35.7 Å². The third-order valence-corrected chi connectivity index (χ3v) is 5.25. The van der Waals surface area contributed by atoms with E-state index in [2.05, 4.69) is 15.6 Å². The summed E-state index contributed by atoms with van der Waals surface area (Å²) in [5.74, 6) is -0.294. The fourth-order valence-electron chi connectivity index (χ4n) is 3.71. The molecule has 0 fully saturated rings. The quantitative estimate of drug-likeness (QED) is 0.676. The number of amides is 2. The molecule has 1 aromatic heterocycles. The average molecular weight is 385 g/mol. The normalized spacial score (nSPS) is 16.4. The summed E-state index contributed by atoms with van der Waals surface area (Å²) in [4.78, 5) is 29.5. The zero-order chi connectivity index (χ0) is 20.1.